The number of carbonyl (C=O) groups excluding carboxylic acids is 1. The van der Waals surface area contributed by atoms with E-state index in [4.69, 9.17) is 0 Å². The van der Waals surface area contributed by atoms with Crippen LogP contribution in [-0.2, 0) is 0 Å². The van der Waals surface area contributed by atoms with Crippen molar-refractivity contribution < 1.29 is 4.79 Å². The van der Waals surface area contributed by atoms with Gasteiger partial charge >= 0.3 is 0 Å². The second-order valence-corrected chi connectivity index (χ2v) is 5.84. The van der Waals surface area contributed by atoms with E-state index in [1.165, 1.54) is 0 Å². The van der Waals surface area contributed by atoms with Gasteiger partial charge in [0.25, 0.3) is 0 Å². The van der Waals surface area contributed by atoms with E-state index < -0.39 is 0 Å². The van der Waals surface area contributed by atoms with E-state index in [0.29, 0.717) is 5.78 Å². The lowest BCUT2D eigenvalue weighted by Gasteiger charge is -2.01. The molecule has 2 rings (SSSR count). The molecule has 0 aromatic carbocycles. The first-order chi connectivity index (χ1) is 6.02. The van der Waals surface area contributed by atoms with Crippen molar-refractivity contribution in [3.05, 3.63) is 20.8 Å². The monoisotopic (exact) mass is 258 g/mol. The maximum Gasteiger partial charge on any atom is 0.168 e. The number of Topliss-reactive ketones (excluding diaryl/α,β-unsaturated/α-hetero) is 1. The van der Waals surface area contributed by atoms with Crippen molar-refractivity contribution in [1.82, 2.24) is 0 Å². The number of hydrogen-bond donors (Lipinski definition) is 0. The van der Waals surface area contributed by atoms with Crippen molar-refractivity contribution in [2.75, 3.05) is 0 Å². The number of carbonyl (C=O) groups is 1. The number of thiophene rings is 1. The number of rotatable bonds is 2. The first-order valence-corrected chi connectivity index (χ1v) is 6.02. The van der Waals surface area contributed by atoms with Crippen molar-refractivity contribution in [3.8, 4) is 0 Å². The quantitative estimate of drug-likeness (QED) is 0.739. The minimum absolute atomic E-state index is 0.235. The minimum Gasteiger partial charge on any atom is -0.294 e. The molecule has 1 nitrogen and oxygen atoms in total. The Labute approximate surface area is 90.3 Å². The van der Waals surface area contributed by atoms with Crippen LogP contribution in [0.4, 0.5) is 0 Å². The van der Waals surface area contributed by atoms with Crippen molar-refractivity contribution in [1.29, 1.82) is 0 Å². The summed E-state index contributed by atoms with van der Waals surface area (Å²) in [5, 5.41) is 3.89. The highest BCUT2D eigenvalue weighted by atomic mass is 79.9. The third-order valence-electron chi connectivity index (χ3n) is 2.71. The molecule has 1 heterocycles. The van der Waals surface area contributed by atoms with Crippen LogP contribution < -0.4 is 0 Å². The molecular weight excluding hydrogens is 248 g/mol. The average molecular weight is 259 g/mol. The van der Waals surface area contributed by atoms with Gasteiger partial charge in [-0.3, -0.25) is 4.79 Å². The summed E-state index contributed by atoms with van der Waals surface area (Å²) < 4.78 is 0.949. The lowest BCUT2D eigenvalue weighted by atomic mass is 10.0. The first kappa shape index (κ1) is 9.41. The zero-order chi connectivity index (χ0) is 9.64. The summed E-state index contributed by atoms with van der Waals surface area (Å²) in [6.45, 7) is 4.30. The molecule has 1 aromatic heterocycles. The van der Waals surface area contributed by atoms with E-state index >= 15 is 0 Å². The van der Waals surface area contributed by atoms with Gasteiger partial charge in [-0.05, 0) is 27.8 Å². The summed E-state index contributed by atoms with van der Waals surface area (Å²) in [5.41, 5.74) is 1.10. The third-order valence-corrected chi connectivity index (χ3v) is 4.41. The molecule has 0 bridgehead atoms. The molecule has 0 spiro atoms. The standard InChI is InChI=1S/C10H11BrOS/c1-10(2)3-7(10)9(12)6-4-13-5-8(6)11/h4-5,7H,3H2,1-2H3. The van der Waals surface area contributed by atoms with Crippen LogP contribution in [0.25, 0.3) is 0 Å². The van der Waals surface area contributed by atoms with Crippen LogP contribution in [0.3, 0.4) is 0 Å². The predicted molar refractivity (Wildman–Crippen MR) is 58.2 cm³/mol. The molecule has 0 radical (unpaired) electrons. The van der Waals surface area contributed by atoms with Gasteiger partial charge in [0.05, 0.1) is 0 Å². The van der Waals surface area contributed by atoms with Crippen LogP contribution in [-0.4, -0.2) is 5.78 Å². The second-order valence-electron chi connectivity index (χ2n) is 4.24. The van der Waals surface area contributed by atoms with E-state index in [2.05, 4.69) is 29.8 Å². The number of hydrogen-bond acceptors (Lipinski definition) is 2. The molecule has 0 saturated heterocycles. The Balaban J connectivity index is 2.21. The Bertz CT molecular complexity index is 354. The van der Waals surface area contributed by atoms with Crippen LogP contribution in [0.15, 0.2) is 15.2 Å². The Morgan fingerprint density at radius 2 is 2.23 bits per heavy atom. The molecule has 1 atom stereocenters. The molecule has 0 amide bonds. The van der Waals surface area contributed by atoms with E-state index in [1.807, 2.05) is 10.8 Å². The molecule has 1 unspecified atom stereocenters. The van der Waals surface area contributed by atoms with E-state index in [-0.39, 0.29) is 11.3 Å². The SMILES string of the molecule is CC1(C)CC1C(=O)c1cscc1Br. The summed E-state index contributed by atoms with van der Waals surface area (Å²) in [5.74, 6) is 0.552. The third kappa shape index (κ3) is 1.59. The van der Waals surface area contributed by atoms with Crippen LogP contribution in [0.2, 0.25) is 0 Å². The highest BCUT2D eigenvalue weighted by molar-refractivity contribution is 9.10. The van der Waals surface area contributed by atoms with E-state index in [9.17, 15) is 4.79 Å². The normalized spacial score (nSPS) is 24.4. The Morgan fingerprint density at radius 3 is 2.62 bits per heavy atom. The number of ketones is 1. The van der Waals surface area contributed by atoms with Crippen molar-refractivity contribution >= 4 is 33.0 Å². The summed E-state index contributed by atoms with van der Waals surface area (Å²) in [7, 11) is 0. The largest absolute Gasteiger partial charge is 0.294 e. The van der Waals surface area contributed by atoms with E-state index in [1.54, 1.807) is 11.3 Å². The van der Waals surface area contributed by atoms with Gasteiger partial charge in [-0.25, -0.2) is 0 Å². The van der Waals surface area contributed by atoms with Gasteiger partial charge in [0.1, 0.15) is 0 Å². The fourth-order valence-corrected chi connectivity index (χ4v) is 3.04. The molecule has 0 aliphatic heterocycles. The predicted octanol–water partition coefficient (Wildman–Crippen LogP) is 3.74. The molecule has 13 heavy (non-hydrogen) atoms. The fourth-order valence-electron chi connectivity index (χ4n) is 1.56. The van der Waals surface area contributed by atoms with Crippen LogP contribution >= 0.6 is 27.3 Å². The lowest BCUT2D eigenvalue weighted by Crippen LogP contribution is -2.05. The average Bonchev–Trinajstić information content (AvgIpc) is 2.49. The van der Waals surface area contributed by atoms with Crippen LogP contribution in [0.5, 0.6) is 0 Å². The molecule has 0 N–H and O–H groups in total. The van der Waals surface area contributed by atoms with Crippen LogP contribution in [0.1, 0.15) is 30.6 Å². The highest BCUT2D eigenvalue weighted by Crippen LogP contribution is 2.53. The number of halogens is 1. The van der Waals surface area contributed by atoms with Gasteiger partial charge in [-0.15, -0.1) is 0 Å². The maximum atomic E-state index is 11.9. The lowest BCUT2D eigenvalue weighted by molar-refractivity contribution is 0.0953. The summed E-state index contributed by atoms with van der Waals surface area (Å²) in [4.78, 5) is 11.9. The Hall–Kier alpha value is -0.150. The smallest absolute Gasteiger partial charge is 0.168 e. The van der Waals surface area contributed by atoms with Crippen molar-refractivity contribution in [2.45, 2.75) is 20.3 Å². The zero-order valence-electron chi connectivity index (χ0n) is 7.63. The summed E-state index contributed by atoms with van der Waals surface area (Å²) in [6, 6.07) is 0. The van der Waals surface area contributed by atoms with Gasteiger partial charge < -0.3 is 0 Å². The van der Waals surface area contributed by atoms with Gasteiger partial charge in [0.15, 0.2) is 5.78 Å². The maximum absolute atomic E-state index is 11.9. The second kappa shape index (κ2) is 2.92. The first-order valence-electron chi connectivity index (χ1n) is 4.28. The summed E-state index contributed by atoms with van der Waals surface area (Å²) >= 11 is 4.96. The van der Waals surface area contributed by atoms with Gasteiger partial charge in [-0.2, -0.15) is 11.3 Å². The van der Waals surface area contributed by atoms with Gasteiger partial charge in [0, 0.05) is 26.7 Å². The topological polar surface area (TPSA) is 17.1 Å². The van der Waals surface area contributed by atoms with Crippen LogP contribution in [0, 0.1) is 11.3 Å². The fraction of sp³-hybridized carbons (Fsp3) is 0.500. The molecule has 1 aliphatic carbocycles. The van der Waals surface area contributed by atoms with Crippen molar-refractivity contribution in [3.63, 3.8) is 0 Å². The molecular formula is C10H11BrOS. The highest BCUT2D eigenvalue weighted by Gasteiger charge is 2.50. The summed E-state index contributed by atoms with van der Waals surface area (Å²) in [6.07, 6.45) is 1.04. The molecule has 3 heteroatoms. The van der Waals surface area contributed by atoms with E-state index in [0.717, 1.165) is 16.5 Å². The molecule has 1 saturated carbocycles. The zero-order valence-corrected chi connectivity index (χ0v) is 10.0. The minimum atomic E-state index is 0.235. The molecule has 1 fully saturated rings. The molecule has 1 aliphatic rings. The molecule has 1 aromatic rings. The van der Waals surface area contributed by atoms with Gasteiger partial charge in [0.2, 0.25) is 0 Å². The molecule has 70 valence electrons. The Morgan fingerprint density at radius 1 is 1.62 bits per heavy atom. The van der Waals surface area contributed by atoms with Gasteiger partial charge in [-0.1, -0.05) is 13.8 Å². The Kier molecular flexibility index (Phi) is 2.11. The van der Waals surface area contributed by atoms with Crippen molar-refractivity contribution in [2.24, 2.45) is 11.3 Å².